The largest absolute Gasteiger partial charge is 0.414 e. The molecule has 0 aliphatic heterocycles. The van der Waals surface area contributed by atoms with Gasteiger partial charge in [0.1, 0.15) is 0 Å². The molecular formula is C10H20OSi. The van der Waals surface area contributed by atoms with Crippen LogP contribution in [0.5, 0.6) is 0 Å². The third-order valence-corrected chi connectivity index (χ3v) is 4.19. The Balaban J connectivity index is 1.91. The molecule has 0 heterocycles. The summed E-state index contributed by atoms with van der Waals surface area (Å²) in [6.45, 7) is 6.91. The fraction of sp³-hybridized carbons (Fsp3) is 1.00. The second kappa shape index (κ2) is 2.84. The molecule has 2 bridgehead atoms. The topological polar surface area (TPSA) is 9.23 Å². The summed E-state index contributed by atoms with van der Waals surface area (Å²) in [7, 11) is -1.26. The van der Waals surface area contributed by atoms with Crippen molar-refractivity contribution in [1.29, 1.82) is 0 Å². The van der Waals surface area contributed by atoms with Crippen molar-refractivity contribution in [3.63, 3.8) is 0 Å². The first-order chi connectivity index (χ1) is 5.54. The van der Waals surface area contributed by atoms with Crippen LogP contribution in [0.15, 0.2) is 0 Å². The van der Waals surface area contributed by atoms with E-state index in [4.69, 9.17) is 4.43 Å². The van der Waals surface area contributed by atoms with Crippen molar-refractivity contribution in [3.05, 3.63) is 0 Å². The van der Waals surface area contributed by atoms with E-state index in [0.717, 1.165) is 11.8 Å². The lowest BCUT2D eigenvalue weighted by atomic mass is 9.98. The molecule has 2 fully saturated rings. The van der Waals surface area contributed by atoms with Crippen LogP contribution in [0.4, 0.5) is 0 Å². The zero-order valence-corrected chi connectivity index (χ0v) is 9.47. The van der Waals surface area contributed by atoms with Gasteiger partial charge in [0.2, 0.25) is 0 Å². The van der Waals surface area contributed by atoms with Gasteiger partial charge in [-0.3, -0.25) is 0 Å². The van der Waals surface area contributed by atoms with E-state index < -0.39 is 8.32 Å². The summed E-state index contributed by atoms with van der Waals surface area (Å²) in [5.41, 5.74) is 0. The second-order valence-corrected chi connectivity index (χ2v) is 9.90. The summed E-state index contributed by atoms with van der Waals surface area (Å²) in [5.74, 6) is 1.96. The minimum absolute atomic E-state index is 0.649. The SMILES string of the molecule is C[Si](C)(C)O[C@H]1C[C@H]2CC[C@@H]1C2. The highest BCUT2D eigenvalue weighted by molar-refractivity contribution is 6.69. The zero-order chi connectivity index (χ0) is 8.77. The van der Waals surface area contributed by atoms with Crippen LogP contribution in [-0.2, 0) is 4.43 Å². The van der Waals surface area contributed by atoms with E-state index in [9.17, 15) is 0 Å². The fourth-order valence-electron chi connectivity index (χ4n) is 2.78. The molecule has 2 aliphatic carbocycles. The van der Waals surface area contributed by atoms with Crippen molar-refractivity contribution < 1.29 is 4.43 Å². The van der Waals surface area contributed by atoms with Crippen LogP contribution in [0.25, 0.3) is 0 Å². The first-order valence-electron chi connectivity index (χ1n) is 5.22. The molecule has 3 atom stereocenters. The van der Waals surface area contributed by atoms with Gasteiger partial charge in [-0.05, 0) is 57.2 Å². The minimum Gasteiger partial charge on any atom is -0.414 e. The molecule has 2 aliphatic rings. The summed E-state index contributed by atoms with van der Waals surface area (Å²) in [4.78, 5) is 0. The van der Waals surface area contributed by atoms with E-state index in [1.165, 1.54) is 25.7 Å². The van der Waals surface area contributed by atoms with Crippen LogP contribution < -0.4 is 0 Å². The Bertz CT molecular complexity index is 173. The molecular weight excluding hydrogens is 164 g/mol. The van der Waals surface area contributed by atoms with E-state index in [0.29, 0.717) is 6.10 Å². The van der Waals surface area contributed by atoms with Crippen molar-refractivity contribution in [2.24, 2.45) is 11.8 Å². The molecule has 0 unspecified atom stereocenters. The highest BCUT2D eigenvalue weighted by atomic mass is 28.4. The average molecular weight is 184 g/mol. The Morgan fingerprint density at radius 1 is 1.08 bits per heavy atom. The van der Waals surface area contributed by atoms with Crippen LogP contribution in [0, 0.1) is 11.8 Å². The monoisotopic (exact) mass is 184 g/mol. The van der Waals surface area contributed by atoms with Crippen molar-refractivity contribution in [3.8, 4) is 0 Å². The molecule has 70 valence electrons. The van der Waals surface area contributed by atoms with Crippen molar-refractivity contribution in [2.75, 3.05) is 0 Å². The number of hydrogen-bond donors (Lipinski definition) is 0. The second-order valence-electron chi connectivity index (χ2n) is 5.44. The van der Waals surface area contributed by atoms with Crippen LogP contribution >= 0.6 is 0 Å². The molecule has 0 aromatic rings. The predicted molar refractivity (Wildman–Crippen MR) is 53.7 cm³/mol. The number of hydrogen-bond acceptors (Lipinski definition) is 1. The van der Waals surface area contributed by atoms with Gasteiger partial charge in [0.05, 0.1) is 0 Å². The Kier molecular flexibility index (Phi) is 2.08. The maximum Gasteiger partial charge on any atom is 0.184 e. The van der Waals surface area contributed by atoms with Crippen LogP contribution in [0.2, 0.25) is 19.6 Å². The standard InChI is InChI=1S/C10H20OSi/c1-12(2,3)11-10-7-8-4-5-9(10)6-8/h8-10H,4-7H2,1-3H3/t8-,9+,10-/m0/s1. The van der Waals surface area contributed by atoms with E-state index >= 15 is 0 Å². The Morgan fingerprint density at radius 2 is 1.83 bits per heavy atom. The van der Waals surface area contributed by atoms with E-state index in [-0.39, 0.29) is 0 Å². The Hall–Kier alpha value is 0.177. The minimum atomic E-state index is -1.26. The average Bonchev–Trinajstić information content (AvgIpc) is 2.42. The molecule has 2 heteroatoms. The van der Waals surface area contributed by atoms with E-state index in [1.54, 1.807) is 0 Å². The normalized spacial score (nSPS) is 40.8. The molecule has 0 saturated heterocycles. The molecule has 2 saturated carbocycles. The lowest BCUT2D eigenvalue weighted by Crippen LogP contribution is -2.34. The molecule has 0 spiro atoms. The number of rotatable bonds is 2. The van der Waals surface area contributed by atoms with Crippen molar-refractivity contribution in [1.82, 2.24) is 0 Å². The third kappa shape index (κ3) is 1.74. The first-order valence-corrected chi connectivity index (χ1v) is 8.63. The molecule has 0 aromatic heterocycles. The summed E-state index contributed by atoms with van der Waals surface area (Å²) < 4.78 is 6.17. The highest BCUT2D eigenvalue weighted by Gasteiger charge is 2.41. The Morgan fingerprint density at radius 3 is 2.25 bits per heavy atom. The molecule has 0 N–H and O–H groups in total. The maximum absolute atomic E-state index is 6.17. The number of fused-ring (bicyclic) bond motifs is 2. The Labute approximate surface area is 76.6 Å². The predicted octanol–water partition coefficient (Wildman–Crippen LogP) is 3.03. The molecule has 0 radical (unpaired) electrons. The zero-order valence-electron chi connectivity index (χ0n) is 8.47. The summed E-state index contributed by atoms with van der Waals surface area (Å²) in [5, 5.41) is 0. The van der Waals surface area contributed by atoms with Crippen molar-refractivity contribution >= 4 is 8.32 Å². The van der Waals surface area contributed by atoms with E-state index in [2.05, 4.69) is 19.6 Å². The molecule has 12 heavy (non-hydrogen) atoms. The van der Waals surface area contributed by atoms with Gasteiger partial charge in [-0.25, -0.2) is 0 Å². The highest BCUT2D eigenvalue weighted by Crippen LogP contribution is 2.46. The smallest absolute Gasteiger partial charge is 0.184 e. The van der Waals surface area contributed by atoms with Crippen LogP contribution in [0.1, 0.15) is 25.7 Å². The third-order valence-electron chi connectivity index (χ3n) is 3.18. The van der Waals surface area contributed by atoms with Gasteiger partial charge in [0.25, 0.3) is 0 Å². The van der Waals surface area contributed by atoms with Gasteiger partial charge in [0, 0.05) is 6.10 Å². The summed E-state index contributed by atoms with van der Waals surface area (Å²) in [6.07, 6.45) is 6.41. The summed E-state index contributed by atoms with van der Waals surface area (Å²) >= 11 is 0. The van der Waals surface area contributed by atoms with Gasteiger partial charge < -0.3 is 4.43 Å². The molecule has 2 rings (SSSR count). The lowest BCUT2D eigenvalue weighted by molar-refractivity contribution is 0.131. The van der Waals surface area contributed by atoms with Gasteiger partial charge in [0.15, 0.2) is 8.32 Å². The lowest BCUT2D eigenvalue weighted by Gasteiger charge is -2.29. The maximum atomic E-state index is 6.17. The summed E-state index contributed by atoms with van der Waals surface area (Å²) in [6, 6.07) is 0. The van der Waals surface area contributed by atoms with Gasteiger partial charge in [-0.15, -0.1) is 0 Å². The molecule has 0 amide bonds. The van der Waals surface area contributed by atoms with Gasteiger partial charge >= 0.3 is 0 Å². The van der Waals surface area contributed by atoms with Crippen LogP contribution in [0.3, 0.4) is 0 Å². The van der Waals surface area contributed by atoms with Gasteiger partial charge in [-0.2, -0.15) is 0 Å². The molecule has 0 aromatic carbocycles. The quantitative estimate of drug-likeness (QED) is 0.599. The van der Waals surface area contributed by atoms with Crippen molar-refractivity contribution in [2.45, 2.75) is 51.4 Å². The van der Waals surface area contributed by atoms with Crippen LogP contribution in [-0.4, -0.2) is 14.4 Å². The first kappa shape index (κ1) is 8.76. The van der Waals surface area contributed by atoms with Gasteiger partial charge in [-0.1, -0.05) is 0 Å². The molecule has 1 nitrogen and oxygen atoms in total. The van der Waals surface area contributed by atoms with E-state index in [1.807, 2.05) is 0 Å². The fourth-order valence-corrected chi connectivity index (χ4v) is 3.98.